The highest BCUT2D eigenvalue weighted by Crippen LogP contribution is 2.46. The van der Waals surface area contributed by atoms with Gasteiger partial charge < -0.3 is 28.6 Å². The van der Waals surface area contributed by atoms with Crippen LogP contribution in [0.2, 0.25) is 0 Å². The number of rotatable bonds is 19. The lowest BCUT2D eigenvalue weighted by molar-refractivity contribution is -0.246. The standard InChI is InChI=1S/C28H47N4O6PS2/c1-20(2)32(21(3)4)39(36-14-10-12-29)37-16-15-35-28-27(31-24(7)33)23(6)22(5)25(38-28)19-34-17-18-40-41-26-11-8-9-13-30-26/h8-9,11,13,20-23,25,27-28H,10,14-19H2,1-7H3,(H,31,33). The second-order valence-electron chi connectivity index (χ2n) is 10.4. The van der Waals surface area contributed by atoms with Crippen molar-refractivity contribution in [3.63, 3.8) is 0 Å². The number of carbonyl (C=O) groups is 1. The molecule has 1 aromatic heterocycles. The van der Waals surface area contributed by atoms with E-state index in [1.807, 2.05) is 18.2 Å². The number of nitrogens with zero attached hydrogens (tertiary/aromatic N) is 3. The van der Waals surface area contributed by atoms with Crippen LogP contribution >= 0.6 is 30.1 Å². The number of nitrogens with one attached hydrogen (secondary N) is 1. The summed E-state index contributed by atoms with van der Waals surface area (Å²) in [6, 6.07) is 8.12. The van der Waals surface area contributed by atoms with Gasteiger partial charge in [-0.1, -0.05) is 30.7 Å². The van der Waals surface area contributed by atoms with Crippen LogP contribution in [-0.2, 0) is 28.1 Å². The number of hydrogen-bond acceptors (Lipinski definition) is 11. The van der Waals surface area contributed by atoms with E-state index in [0.717, 1.165) is 10.8 Å². The van der Waals surface area contributed by atoms with Gasteiger partial charge in [-0.2, -0.15) is 5.26 Å². The molecule has 2 heterocycles. The van der Waals surface area contributed by atoms with Gasteiger partial charge in [-0.05, 0) is 62.5 Å². The molecule has 1 aliphatic heterocycles. The van der Waals surface area contributed by atoms with E-state index in [2.05, 4.69) is 62.6 Å². The van der Waals surface area contributed by atoms with Crippen molar-refractivity contribution in [3.8, 4) is 6.07 Å². The van der Waals surface area contributed by atoms with Gasteiger partial charge in [0.1, 0.15) is 5.03 Å². The molecule has 0 bridgehead atoms. The Hall–Kier alpha value is -1.00. The predicted molar refractivity (Wildman–Crippen MR) is 165 cm³/mol. The van der Waals surface area contributed by atoms with Gasteiger partial charge in [-0.15, -0.1) is 0 Å². The predicted octanol–water partition coefficient (Wildman–Crippen LogP) is 5.65. The largest absolute Gasteiger partial charge is 0.378 e. The van der Waals surface area contributed by atoms with E-state index in [4.69, 9.17) is 28.5 Å². The summed E-state index contributed by atoms with van der Waals surface area (Å²) in [5.74, 6) is 0.974. The average Bonchev–Trinajstić information content (AvgIpc) is 2.92. The highest BCUT2D eigenvalue weighted by Gasteiger charge is 2.42. The minimum atomic E-state index is -1.36. The zero-order valence-electron chi connectivity index (χ0n) is 25.4. The normalized spacial score (nSPS) is 23.6. The molecule has 6 atom stereocenters. The van der Waals surface area contributed by atoms with E-state index in [9.17, 15) is 4.79 Å². The van der Waals surface area contributed by atoms with E-state index >= 15 is 0 Å². The van der Waals surface area contributed by atoms with Crippen LogP contribution in [-0.4, -0.2) is 84.9 Å². The first-order valence-electron chi connectivity index (χ1n) is 14.2. The summed E-state index contributed by atoms with van der Waals surface area (Å²) in [4.78, 5) is 16.3. The summed E-state index contributed by atoms with van der Waals surface area (Å²) in [6.07, 6.45) is 1.29. The van der Waals surface area contributed by atoms with Crippen LogP contribution in [0, 0.1) is 23.2 Å². The summed E-state index contributed by atoms with van der Waals surface area (Å²) in [5, 5.41) is 12.9. The third kappa shape index (κ3) is 13.0. The Morgan fingerprint density at radius 1 is 1.15 bits per heavy atom. The van der Waals surface area contributed by atoms with E-state index in [0.29, 0.717) is 26.2 Å². The highest BCUT2D eigenvalue weighted by molar-refractivity contribution is 8.76. The monoisotopic (exact) mass is 630 g/mol. The lowest BCUT2D eigenvalue weighted by Gasteiger charge is -2.44. The summed E-state index contributed by atoms with van der Waals surface area (Å²) < 4.78 is 32.8. The fraction of sp³-hybridized carbons (Fsp3) is 0.750. The molecule has 0 saturated carbocycles. The third-order valence-electron chi connectivity index (χ3n) is 6.56. The van der Waals surface area contributed by atoms with Crippen LogP contribution in [0.4, 0.5) is 0 Å². The number of ether oxygens (including phenoxy) is 3. The van der Waals surface area contributed by atoms with Gasteiger partial charge in [0.2, 0.25) is 5.91 Å². The molecule has 2 rings (SSSR count). The van der Waals surface area contributed by atoms with Crippen LogP contribution < -0.4 is 5.32 Å². The van der Waals surface area contributed by atoms with Crippen LogP contribution in [0.3, 0.4) is 0 Å². The smallest absolute Gasteiger partial charge is 0.259 e. The van der Waals surface area contributed by atoms with Crippen LogP contribution in [0.1, 0.15) is 54.9 Å². The molecule has 10 nitrogen and oxygen atoms in total. The van der Waals surface area contributed by atoms with Gasteiger partial charge in [-0.3, -0.25) is 4.79 Å². The highest BCUT2D eigenvalue weighted by atomic mass is 33.1. The van der Waals surface area contributed by atoms with Crippen molar-refractivity contribution < 1.29 is 28.1 Å². The fourth-order valence-corrected chi connectivity index (χ4v) is 7.76. The molecule has 41 heavy (non-hydrogen) atoms. The van der Waals surface area contributed by atoms with Crippen molar-refractivity contribution >= 4 is 36.0 Å². The Bertz CT molecular complexity index is 905. The number of amides is 1. The number of pyridine rings is 1. The second-order valence-corrected chi connectivity index (χ2v) is 14.3. The van der Waals surface area contributed by atoms with E-state index < -0.39 is 14.8 Å². The van der Waals surface area contributed by atoms with Gasteiger partial charge >= 0.3 is 0 Å². The Labute approximate surface area is 255 Å². The molecule has 232 valence electrons. The van der Waals surface area contributed by atoms with Gasteiger partial charge in [0.05, 0.1) is 57.7 Å². The molecule has 6 unspecified atom stereocenters. The summed E-state index contributed by atoms with van der Waals surface area (Å²) in [7, 11) is 1.98. The number of hydrogen-bond donors (Lipinski definition) is 1. The van der Waals surface area contributed by atoms with Gasteiger partial charge in [0, 0.05) is 31.0 Å². The van der Waals surface area contributed by atoms with Crippen molar-refractivity contribution in [2.24, 2.45) is 11.8 Å². The number of carbonyl (C=O) groups excluding carboxylic acids is 1. The van der Waals surface area contributed by atoms with Crippen molar-refractivity contribution in [2.45, 2.75) is 90.4 Å². The van der Waals surface area contributed by atoms with Crippen molar-refractivity contribution in [3.05, 3.63) is 24.4 Å². The Morgan fingerprint density at radius 2 is 1.88 bits per heavy atom. The Kier molecular flexibility index (Phi) is 17.7. The lowest BCUT2D eigenvalue weighted by Crippen LogP contribution is -2.58. The Balaban J connectivity index is 1.89. The molecular weight excluding hydrogens is 583 g/mol. The summed E-state index contributed by atoms with van der Waals surface area (Å²) in [6.45, 7) is 16.0. The molecule has 1 N–H and O–H groups in total. The van der Waals surface area contributed by atoms with E-state index in [1.54, 1.807) is 27.8 Å². The maximum Gasteiger partial charge on any atom is 0.259 e. The minimum Gasteiger partial charge on any atom is -0.378 e. The number of nitriles is 1. The second kappa shape index (κ2) is 20.0. The molecule has 1 saturated heterocycles. The molecule has 1 aromatic rings. The quantitative estimate of drug-likeness (QED) is 0.116. The molecule has 0 aliphatic carbocycles. The fourth-order valence-electron chi connectivity index (χ4n) is 4.45. The van der Waals surface area contributed by atoms with E-state index in [1.165, 1.54) is 6.92 Å². The minimum absolute atomic E-state index is 0.116. The number of aromatic nitrogens is 1. The summed E-state index contributed by atoms with van der Waals surface area (Å²) in [5.41, 5.74) is 0. The zero-order chi connectivity index (χ0) is 30.2. The molecule has 0 aromatic carbocycles. The Morgan fingerprint density at radius 3 is 2.51 bits per heavy atom. The maximum absolute atomic E-state index is 12.0. The first-order chi connectivity index (χ1) is 19.6. The van der Waals surface area contributed by atoms with E-state index in [-0.39, 0.29) is 55.2 Å². The molecule has 0 radical (unpaired) electrons. The molecule has 13 heteroatoms. The van der Waals surface area contributed by atoms with Crippen LogP contribution in [0.5, 0.6) is 0 Å². The van der Waals surface area contributed by atoms with Crippen molar-refractivity contribution in [1.82, 2.24) is 15.0 Å². The molecular formula is C28H47N4O6PS2. The first-order valence-corrected chi connectivity index (χ1v) is 17.6. The van der Waals surface area contributed by atoms with Gasteiger partial charge in [0.25, 0.3) is 8.53 Å². The first kappa shape index (κ1) is 36.2. The topological polar surface area (TPSA) is 115 Å². The van der Waals surface area contributed by atoms with Crippen molar-refractivity contribution in [2.75, 3.05) is 38.8 Å². The molecule has 0 spiro atoms. The maximum atomic E-state index is 12.0. The van der Waals surface area contributed by atoms with Crippen LogP contribution in [0.25, 0.3) is 0 Å². The van der Waals surface area contributed by atoms with Gasteiger partial charge in [0.15, 0.2) is 6.29 Å². The van der Waals surface area contributed by atoms with Gasteiger partial charge in [-0.25, -0.2) is 9.65 Å². The van der Waals surface area contributed by atoms with Crippen molar-refractivity contribution in [1.29, 1.82) is 5.26 Å². The van der Waals surface area contributed by atoms with Crippen LogP contribution in [0.15, 0.2) is 29.4 Å². The summed E-state index contributed by atoms with van der Waals surface area (Å²) >= 11 is 0. The SMILES string of the molecule is CC(=O)NC1C(OCCOP(OCCC#N)N(C(C)C)C(C)C)OC(COCCSSc2ccccn2)C(C)C1C. The average molecular weight is 631 g/mol. The molecule has 1 aliphatic rings. The molecule has 1 fully saturated rings. The third-order valence-corrected chi connectivity index (χ3v) is 10.9. The zero-order valence-corrected chi connectivity index (χ0v) is 27.9. The lowest BCUT2D eigenvalue weighted by atomic mass is 9.82. The molecule has 1 amide bonds.